The van der Waals surface area contributed by atoms with Gasteiger partial charge in [0.05, 0.1) is 0 Å². The van der Waals surface area contributed by atoms with Crippen LogP contribution in [-0.4, -0.2) is 5.54 Å². The van der Waals surface area contributed by atoms with Crippen molar-refractivity contribution in [1.82, 2.24) is 0 Å². The highest BCUT2D eigenvalue weighted by Crippen LogP contribution is 2.33. The average Bonchev–Trinajstić information content (AvgIpc) is 2.56. The molecular weight excluding hydrogens is 230 g/mol. The van der Waals surface area contributed by atoms with Gasteiger partial charge in [0.1, 0.15) is 0 Å². The van der Waals surface area contributed by atoms with Gasteiger partial charge in [-0.1, -0.05) is 49.9 Å². The van der Waals surface area contributed by atoms with Gasteiger partial charge in [0.25, 0.3) is 0 Å². The average molecular weight is 259 g/mol. The summed E-state index contributed by atoms with van der Waals surface area (Å²) in [4.78, 5) is 0. The normalized spacial score (nSPS) is 28.1. The van der Waals surface area contributed by atoms with Crippen molar-refractivity contribution in [2.75, 3.05) is 0 Å². The molecule has 0 radical (unpaired) electrons. The summed E-state index contributed by atoms with van der Waals surface area (Å²) in [5.41, 5.74) is 11.0. The zero-order chi connectivity index (χ0) is 13.9. The Morgan fingerprint density at radius 2 is 2.00 bits per heavy atom. The van der Waals surface area contributed by atoms with Crippen LogP contribution in [0.25, 0.3) is 0 Å². The van der Waals surface area contributed by atoms with Crippen molar-refractivity contribution in [3.05, 3.63) is 34.9 Å². The lowest BCUT2D eigenvalue weighted by molar-refractivity contribution is 0.358. The van der Waals surface area contributed by atoms with Crippen LogP contribution in [0, 0.1) is 19.8 Å². The quantitative estimate of drug-likeness (QED) is 0.793. The summed E-state index contributed by atoms with van der Waals surface area (Å²) in [6.45, 7) is 6.70. The zero-order valence-electron chi connectivity index (χ0n) is 12.8. The molecule has 0 bridgehead atoms. The Morgan fingerprint density at radius 3 is 2.74 bits per heavy atom. The van der Waals surface area contributed by atoms with Gasteiger partial charge in [-0.25, -0.2) is 0 Å². The summed E-state index contributed by atoms with van der Waals surface area (Å²) in [6.07, 6.45) is 8.76. The van der Waals surface area contributed by atoms with Gasteiger partial charge in [-0.2, -0.15) is 0 Å². The van der Waals surface area contributed by atoms with Crippen LogP contribution in [0.2, 0.25) is 0 Å². The second-order valence-electron chi connectivity index (χ2n) is 6.67. The summed E-state index contributed by atoms with van der Waals surface area (Å²) in [5, 5.41) is 0. The molecule has 2 rings (SSSR count). The summed E-state index contributed by atoms with van der Waals surface area (Å²) in [6, 6.07) is 6.76. The molecule has 0 saturated heterocycles. The van der Waals surface area contributed by atoms with E-state index in [1.54, 1.807) is 0 Å². The highest BCUT2D eigenvalue weighted by atomic mass is 14.7. The molecule has 2 atom stereocenters. The van der Waals surface area contributed by atoms with Crippen LogP contribution in [0.1, 0.15) is 62.1 Å². The van der Waals surface area contributed by atoms with E-state index >= 15 is 0 Å². The van der Waals surface area contributed by atoms with Gasteiger partial charge in [0.15, 0.2) is 0 Å². The van der Waals surface area contributed by atoms with E-state index in [4.69, 9.17) is 5.73 Å². The molecule has 1 nitrogen and oxygen atoms in total. The highest BCUT2D eigenvalue weighted by Gasteiger charge is 2.29. The maximum absolute atomic E-state index is 6.73. The third-order valence-electron chi connectivity index (χ3n) is 4.96. The Hall–Kier alpha value is -0.820. The van der Waals surface area contributed by atoms with Crippen LogP contribution in [0.15, 0.2) is 18.2 Å². The van der Waals surface area contributed by atoms with Crippen molar-refractivity contribution in [3.8, 4) is 0 Å². The Kier molecular flexibility index (Phi) is 4.67. The number of rotatable bonds is 3. The Labute approximate surface area is 118 Å². The molecule has 2 N–H and O–H groups in total. The van der Waals surface area contributed by atoms with Crippen molar-refractivity contribution >= 4 is 0 Å². The highest BCUT2D eigenvalue weighted by molar-refractivity contribution is 5.32. The van der Waals surface area contributed by atoms with Crippen molar-refractivity contribution in [2.45, 2.75) is 71.3 Å². The maximum atomic E-state index is 6.73. The van der Waals surface area contributed by atoms with E-state index in [-0.39, 0.29) is 5.54 Å². The molecule has 1 aromatic rings. The van der Waals surface area contributed by atoms with E-state index in [2.05, 4.69) is 39.0 Å². The van der Waals surface area contributed by atoms with Gasteiger partial charge < -0.3 is 5.73 Å². The van der Waals surface area contributed by atoms with Crippen LogP contribution in [0.5, 0.6) is 0 Å². The molecule has 0 aliphatic heterocycles. The number of aryl methyl sites for hydroxylation is 2. The predicted molar refractivity (Wildman–Crippen MR) is 83.4 cm³/mol. The number of nitrogens with two attached hydrogens (primary N) is 1. The molecule has 106 valence electrons. The smallest absolute Gasteiger partial charge is 0.0195 e. The first kappa shape index (κ1) is 14.6. The van der Waals surface area contributed by atoms with E-state index < -0.39 is 0 Å². The molecule has 0 amide bonds. The minimum atomic E-state index is 0.0302. The van der Waals surface area contributed by atoms with Gasteiger partial charge in [0, 0.05) is 5.54 Å². The third-order valence-corrected chi connectivity index (χ3v) is 4.96. The Bertz CT molecular complexity index is 424. The topological polar surface area (TPSA) is 26.0 Å². The lowest BCUT2D eigenvalue weighted by Gasteiger charge is -2.29. The number of benzene rings is 1. The van der Waals surface area contributed by atoms with Crippen molar-refractivity contribution in [2.24, 2.45) is 11.7 Å². The number of hydrogen-bond acceptors (Lipinski definition) is 1. The van der Waals surface area contributed by atoms with Gasteiger partial charge >= 0.3 is 0 Å². The van der Waals surface area contributed by atoms with Gasteiger partial charge in [-0.15, -0.1) is 0 Å². The summed E-state index contributed by atoms with van der Waals surface area (Å²) in [5.74, 6) is 0.907. The molecule has 1 fully saturated rings. The molecule has 19 heavy (non-hydrogen) atoms. The fraction of sp³-hybridized carbons (Fsp3) is 0.667. The SMILES string of the molecule is CCC1CCCC(N)(Cc2cc(C)ccc2C)CC1. The van der Waals surface area contributed by atoms with Crippen LogP contribution in [-0.2, 0) is 6.42 Å². The molecular formula is C18H29N. The van der Waals surface area contributed by atoms with Crippen LogP contribution in [0.3, 0.4) is 0 Å². The molecule has 0 spiro atoms. The Morgan fingerprint density at radius 1 is 1.21 bits per heavy atom. The molecule has 1 heteroatoms. The molecule has 1 aromatic carbocycles. The second kappa shape index (κ2) is 6.09. The lowest BCUT2D eigenvalue weighted by Crippen LogP contribution is -2.41. The standard InChI is InChI=1S/C18H29N/c1-4-16-6-5-10-18(19,11-9-16)13-17-12-14(2)7-8-15(17)3/h7-8,12,16H,4-6,9-11,13,19H2,1-3H3. The van der Waals surface area contributed by atoms with E-state index in [1.807, 2.05) is 0 Å². The summed E-state index contributed by atoms with van der Waals surface area (Å²) in [7, 11) is 0. The van der Waals surface area contributed by atoms with Gasteiger partial charge in [0.2, 0.25) is 0 Å². The third kappa shape index (κ3) is 3.82. The van der Waals surface area contributed by atoms with Crippen LogP contribution >= 0.6 is 0 Å². The maximum Gasteiger partial charge on any atom is 0.0195 e. The van der Waals surface area contributed by atoms with Gasteiger partial charge in [-0.05, 0) is 56.6 Å². The summed E-state index contributed by atoms with van der Waals surface area (Å²) >= 11 is 0. The van der Waals surface area contributed by atoms with Crippen molar-refractivity contribution < 1.29 is 0 Å². The lowest BCUT2D eigenvalue weighted by atomic mass is 9.83. The van der Waals surface area contributed by atoms with Crippen LogP contribution < -0.4 is 5.73 Å². The molecule has 2 unspecified atom stereocenters. The Balaban J connectivity index is 2.10. The largest absolute Gasteiger partial charge is 0.325 e. The molecule has 1 aliphatic carbocycles. The van der Waals surface area contributed by atoms with Crippen molar-refractivity contribution in [3.63, 3.8) is 0 Å². The zero-order valence-corrected chi connectivity index (χ0v) is 12.8. The first-order valence-electron chi connectivity index (χ1n) is 7.87. The van der Waals surface area contributed by atoms with Crippen molar-refractivity contribution in [1.29, 1.82) is 0 Å². The minimum Gasteiger partial charge on any atom is -0.325 e. The first-order chi connectivity index (χ1) is 9.02. The van der Waals surface area contributed by atoms with E-state index in [9.17, 15) is 0 Å². The predicted octanol–water partition coefficient (Wildman–Crippen LogP) is 4.53. The summed E-state index contributed by atoms with van der Waals surface area (Å²) < 4.78 is 0. The van der Waals surface area contributed by atoms with E-state index in [0.717, 1.165) is 12.3 Å². The monoisotopic (exact) mass is 259 g/mol. The number of hydrogen-bond donors (Lipinski definition) is 1. The van der Waals surface area contributed by atoms with Gasteiger partial charge in [-0.3, -0.25) is 0 Å². The van der Waals surface area contributed by atoms with Crippen LogP contribution in [0.4, 0.5) is 0 Å². The molecule has 1 aliphatic rings. The second-order valence-corrected chi connectivity index (χ2v) is 6.67. The first-order valence-corrected chi connectivity index (χ1v) is 7.87. The van der Waals surface area contributed by atoms with E-state index in [1.165, 1.54) is 55.2 Å². The molecule has 1 saturated carbocycles. The fourth-order valence-electron chi connectivity index (χ4n) is 3.46. The fourth-order valence-corrected chi connectivity index (χ4v) is 3.46. The van der Waals surface area contributed by atoms with E-state index in [0.29, 0.717) is 0 Å². The molecule has 0 aromatic heterocycles. The minimum absolute atomic E-state index is 0.0302. The molecule has 0 heterocycles.